The molecule has 0 amide bonds. The molecule has 1 aromatic carbocycles. The van der Waals surface area contributed by atoms with Gasteiger partial charge in [-0.3, -0.25) is 4.99 Å². The van der Waals surface area contributed by atoms with E-state index in [0.29, 0.717) is 6.61 Å². The van der Waals surface area contributed by atoms with Crippen LogP contribution in [-0.2, 0) is 5.41 Å². The van der Waals surface area contributed by atoms with Gasteiger partial charge in [0.25, 0.3) is 0 Å². The molecule has 0 aromatic heterocycles. The molecule has 0 saturated heterocycles. The van der Waals surface area contributed by atoms with Crippen molar-refractivity contribution in [2.75, 3.05) is 13.2 Å². The van der Waals surface area contributed by atoms with E-state index in [1.807, 2.05) is 13.1 Å². The van der Waals surface area contributed by atoms with Crippen LogP contribution in [0.25, 0.3) is 0 Å². The molecular weight excluding hydrogens is 270 g/mol. The molecule has 1 aliphatic carbocycles. The summed E-state index contributed by atoms with van der Waals surface area (Å²) in [6, 6.07) is 6.40. The first-order chi connectivity index (χ1) is 10.5. The molecule has 2 rings (SSSR count). The van der Waals surface area contributed by atoms with Crippen molar-refractivity contribution in [3.8, 4) is 5.75 Å². The minimum atomic E-state index is 0.0811. The van der Waals surface area contributed by atoms with E-state index in [1.165, 1.54) is 37.7 Å². The first-order valence-electron chi connectivity index (χ1n) is 8.78. The topological polar surface area (TPSA) is 21.6 Å². The molecule has 0 aliphatic heterocycles. The van der Waals surface area contributed by atoms with Crippen LogP contribution in [0.4, 0.5) is 0 Å². The third-order valence-corrected chi connectivity index (χ3v) is 4.46. The van der Waals surface area contributed by atoms with E-state index in [-0.39, 0.29) is 5.41 Å². The van der Waals surface area contributed by atoms with Gasteiger partial charge < -0.3 is 4.74 Å². The fourth-order valence-electron chi connectivity index (χ4n) is 3.22. The molecular formula is C20H31NO. The standard InChI is InChI=1S/C20H31NO/c1-5-22-19-17(12-9-13-18(19)20(2,3)4)15-21-14-16-10-7-6-8-11-16/h9,12-13,15-16H,5-8,10-11,14H2,1-4H3. The zero-order valence-corrected chi connectivity index (χ0v) is 14.7. The van der Waals surface area contributed by atoms with Crippen LogP contribution in [-0.4, -0.2) is 19.4 Å². The van der Waals surface area contributed by atoms with E-state index >= 15 is 0 Å². The number of nitrogens with zero attached hydrogens (tertiary/aromatic N) is 1. The highest BCUT2D eigenvalue weighted by molar-refractivity contribution is 5.84. The molecule has 1 fully saturated rings. The van der Waals surface area contributed by atoms with Crippen LogP contribution in [0, 0.1) is 5.92 Å². The van der Waals surface area contributed by atoms with Gasteiger partial charge in [-0.15, -0.1) is 0 Å². The lowest BCUT2D eigenvalue weighted by molar-refractivity contribution is 0.329. The van der Waals surface area contributed by atoms with Gasteiger partial charge in [0.1, 0.15) is 5.75 Å². The van der Waals surface area contributed by atoms with E-state index in [9.17, 15) is 0 Å². The summed E-state index contributed by atoms with van der Waals surface area (Å²) < 4.78 is 5.95. The molecule has 0 heterocycles. The van der Waals surface area contributed by atoms with Crippen molar-refractivity contribution in [1.29, 1.82) is 0 Å². The third-order valence-electron chi connectivity index (χ3n) is 4.46. The summed E-state index contributed by atoms with van der Waals surface area (Å²) in [5.74, 6) is 1.79. The Morgan fingerprint density at radius 3 is 2.55 bits per heavy atom. The normalized spacial score (nSPS) is 17.1. The molecule has 0 bridgehead atoms. The third kappa shape index (κ3) is 4.59. The summed E-state index contributed by atoms with van der Waals surface area (Å²) in [5.41, 5.74) is 2.46. The summed E-state index contributed by atoms with van der Waals surface area (Å²) in [5, 5.41) is 0. The molecule has 22 heavy (non-hydrogen) atoms. The summed E-state index contributed by atoms with van der Waals surface area (Å²) >= 11 is 0. The lowest BCUT2D eigenvalue weighted by atomic mass is 9.85. The molecule has 0 unspecified atom stereocenters. The highest BCUT2D eigenvalue weighted by Gasteiger charge is 2.20. The fourth-order valence-corrected chi connectivity index (χ4v) is 3.22. The zero-order valence-electron chi connectivity index (χ0n) is 14.7. The van der Waals surface area contributed by atoms with E-state index in [0.717, 1.165) is 23.8 Å². The average molecular weight is 301 g/mol. The first-order valence-corrected chi connectivity index (χ1v) is 8.78. The Balaban J connectivity index is 2.15. The Morgan fingerprint density at radius 2 is 1.91 bits per heavy atom. The second-order valence-corrected chi connectivity index (χ2v) is 7.41. The summed E-state index contributed by atoms with van der Waals surface area (Å²) in [6.07, 6.45) is 8.88. The molecule has 122 valence electrons. The summed E-state index contributed by atoms with van der Waals surface area (Å²) in [6.45, 7) is 10.4. The van der Waals surface area contributed by atoms with Crippen molar-refractivity contribution in [3.63, 3.8) is 0 Å². The van der Waals surface area contributed by atoms with Crippen LogP contribution in [0.5, 0.6) is 5.75 Å². The Hall–Kier alpha value is -1.31. The second kappa shape index (κ2) is 7.80. The van der Waals surface area contributed by atoms with Crippen LogP contribution in [0.1, 0.15) is 70.9 Å². The van der Waals surface area contributed by atoms with Crippen LogP contribution in [0.3, 0.4) is 0 Å². The van der Waals surface area contributed by atoms with Gasteiger partial charge in [0.15, 0.2) is 0 Å². The maximum Gasteiger partial charge on any atom is 0.131 e. The van der Waals surface area contributed by atoms with Gasteiger partial charge in [0, 0.05) is 23.9 Å². The van der Waals surface area contributed by atoms with Crippen LogP contribution in [0.2, 0.25) is 0 Å². The van der Waals surface area contributed by atoms with Crippen molar-refractivity contribution in [2.45, 2.75) is 65.2 Å². The van der Waals surface area contributed by atoms with E-state index in [2.05, 4.69) is 39.0 Å². The van der Waals surface area contributed by atoms with Crippen molar-refractivity contribution >= 4 is 6.21 Å². The highest BCUT2D eigenvalue weighted by atomic mass is 16.5. The predicted molar refractivity (Wildman–Crippen MR) is 95.3 cm³/mol. The Morgan fingerprint density at radius 1 is 1.18 bits per heavy atom. The molecule has 1 aromatic rings. The van der Waals surface area contributed by atoms with Crippen LogP contribution >= 0.6 is 0 Å². The van der Waals surface area contributed by atoms with E-state index < -0.39 is 0 Å². The number of ether oxygens (including phenoxy) is 1. The lowest BCUT2D eigenvalue weighted by Crippen LogP contribution is -2.15. The monoisotopic (exact) mass is 301 g/mol. The van der Waals surface area contributed by atoms with Gasteiger partial charge >= 0.3 is 0 Å². The first kappa shape index (κ1) is 17.1. The quantitative estimate of drug-likeness (QED) is 0.669. The van der Waals surface area contributed by atoms with Crippen molar-refractivity contribution in [1.82, 2.24) is 0 Å². The van der Waals surface area contributed by atoms with Gasteiger partial charge in [-0.2, -0.15) is 0 Å². The summed E-state index contributed by atoms with van der Waals surface area (Å²) in [4.78, 5) is 4.73. The van der Waals surface area contributed by atoms with Crippen molar-refractivity contribution < 1.29 is 4.74 Å². The van der Waals surface area contributed by atoms with Crippen molar-refractivity contribution in [2.24, 2.45) is 10.9 Å². The molecule has 0 N–H and O–H groups in total. The average Bonchev–Trinajstić information content (AvgIpc) is 2.49. The summed E-state index contributed by atoms with van der Waals surface area (Å²) in [7, 11) is 0. The highest BCUT2D eigenvalue weighted by Crippen LogP contribution is 2.33. The molecule has 2 heteroatoms. The van der Waals surface area contributed by atoms with Crippen LogP contribution < -0.4 is 4.74 Å². The molecule has 1 aliphatic rings. The minimum Gasteiger partial charge on any atom is -0.493 e. The number of hydrogen-bond donors (Lipinski definition) is 0. The maximum absolute atomic E-state index is 5.95. The van der Waals surface area contributed by atoms with Gasteiger partial charge in [-0.1, -0.05) is 52.2 Å². The number of para-hydroxylation sites is 1. The lowest BCUT2D eigenvalue weighted by Gasteiger charge is -2.24. The second-order valence-electron chi connectivity index (χ2n) is 7.41. The van der Waals surface area contributed by atoms with Gasteiger partial charge in [-0.05, 0) is 37.2 Å². The van der Waals surface area contributed by atoms with E-state index in [4.69, 9.17) is 9.73 Å². The van der Waals surface area contributed by atoms with Gasteiger partial charge in [-0.25, -0.2) is 0 Å². The van der Waals surface area contributed by atoms with E-state index in [1.54, 1.807) is 0 Å². The van der Waals surface area contributed by atoms with Gasteiger partial charge in [0.05, 0.1) is 6.61 Å². The molecule has 0 atom stereocenters. The molecule has 0 spiro atoms. The smallest absolute Gasteiger partial charge is 0.131 e. The molecule has 2 nitrogen and oxygen atoms in total. The minimum absolute atomic E-state index is 0.0811. The Bertz CT molecular complexity index is 493. The largest absolute Gasteiger partial charge is 0.493 e. The number of rotatable bonds is 5. The zero-order chi connectivity index (χ0) is 16.0. The molecule has 1 saturated carbocycles. The van der Waals surface area contributed by atoms with Crippen molar-refractivity contribution in [3.05, 3.63) is 29.3 Å². The maximum atomic E-state index is 5.95. The number of benzene rings is 1. The van der Waals surface area contributed by atoms with Gasteiger partial charge in [0.2, 0.25) is 0 Å². The van der Waals surface area contributed by atoms with Crippen LogP contribution in [0.15, 0.2) is 23.2 Å². The number of aliphatic imine (C=N–C) groups is 1. The SMILES string of the molecule is CCOc1c(C=NCC2CCCCC2)cccc1C(C)(C)C. The molecule has 0 radical (unpaired) electrons. The predicted octanol–water partition coefficient (Wildman–Crippen LogP) is 5.38. The fraction of sp³-hybridized carbons (Fsp3) is 0.650. The Labute approximate surface area is 136 Å². The number of hydrogen-bond acceptors (Lipinski definition) is 2. The Kier molecular flexibility index (Phi) is 6.05.